The SMILES string of the molecule is C=CCCCCCNC(=O)C1CC(Oc2cc(-c3cccc(C)n3)nc3c(C)c(OC)ccc23)CC1C(=O)NC1(C(=O)OCC)CC1C=C. The first-order valence-electron chi connectivity index (χ1n) is 17.2. The van der Waals surface area contributed by atoms with Crippen LogP contribution in [0, 0.1) is 31.6 Å². The van der Waals surface area contributed by atoms with Gasteiger partial charge in [-0.25, -0.2) is 9.78 Å². The quantitative estimate of drug-likeness (QED) is 0.105. The van der Waals surface area contributed by atoms with Crippen molar-refractivity contribution in [2.75, 3.05) is 20.3 Å². The van der Waals surface area contributed by atoms with Crippen molar-refractivity contribution in [3.05, 3.63) is 73.0 Å². The van der Waals surface area contributed by atoms with Gasteiger partial charge in [0.05, 0.1) is 42.5 Å². The Morgan fingerprint density at radius 2 is 1.76 bits per heavy atom. The van der Waals surface area contributed by atoms with Crippen molar-refractivity contribution in [1.29, 1.82) is 0 Å². The Hall–Kier alpha value is -4.73. The molecule has 0 saturated heterocycles. The molecule has 2 aromatic heterocycles. The van der Waals surface area contributed by atoms with Gasteiger partial charge in [-0.15, -0.1) is 13.2 Å². The molecular formula is C39H48N4O6. The number of carbonyl (C=O) groups is 3. The highest BCUT2D eigenvalue weighted by atomic mass is 16.5. The molecule has 0 spiro atoms. The molecule has 10 nitrogen and oxygen atoms in total. The molecule has 2 aliphatic rings. The maximum Gasteiger partial charge on any atom is 0.332 e. The number of pyridine rings is 2. The van der Waals surface area contributed by atoms with Gasteiger partial charge < -0.3 is 24.8 Å². The lowest BCUT2D eigenvalue weighted by molar-refractivity contribution is -0.150. The molecular weight excluding hydrogens is 620 g/mol. The minimum atomic E-state index is -1.16. The second-order valence-electron chi connectivity index (χ2n) is 13.0. The highest BCUT2D eigenvalue weighted by Crippen LogP contribution is 2.47. The summed E-state index contributed by atoms with van der Waals surface area (Å²) in [5, 5.41) is 6.82. The predicted molar refractivity (Wildman–Crippen MR) is 189 cm³/mol. The summed E-state index contributed by atoms with van der Waals surface area (Å²) < 4.78 is 17.6. The first-order chi connectivity index (χ1) is 23.6. The third-order valence-electron chi connectivity index (χ3n) is 9.67. The minimum Gasteiger partial charge on any atom is -0.496 e. The zero-order valence-electron chi connectivity index (χ0n) is 29.1. The number of methoxy groups -OCH3 is 1. The first kappa shape index (κ1) is 35.6. The number of esters is 1. The zero-order valence-corrected chi connectivity index (χ0v) is 29.1. The van der Waals surface area contributed by atoms with Crippen LogP contribution < -0.4 is 20.1 Å². The van der Waals surface area contributed by atoms with Crippen LogP contribution in [0.25, 0.3) is 22.3 Å². The van der Waals surface area contributed by atoms with E-state index in [9.17, 15) is 14.4 Å². The van der Waals surface area contributed by atoms with Gasteiger partial charge in [0.15, 0.2) is 0 Å². The molecule has 49 heavy (non-hydrogen) atoms. The molecule has 2 N–H and O–H groups in total. The number of aryl methyl sites for hydroxylation is 2. The summed E-state index contributed by atoms with van der Waals surface area (Å²) in [5.41, 5.74) is 2.62. The van der Waals surface area contributed by atoms with Crippen LogP contribution in [0.2, 0.25) is 0 Å². The molecule has 2 saturated carbocycles. The van der Waals surface area contributed by atoms with Crippen LogP contribution in [0.5, 0.6) is 11.5 Å². The summed E-state index contributed by atoms with van der Waals surface area (Å²) in [6.07, 6.45) is 7.87. The van der Waals surface area contributed by atoms with E-state index >= 15 is 0 Å². The Balaban J connectivity index is 1.44. The van der Waals surface area contributed by atoms with Gasteiger partial charge in [-0.1, -0.05) is 24.6 Å². The Labute approximate surface area is 288 Å². The van der Waals surface area contributed by atoms with Gasteiger partial charge in [0.2, 0.25) is 11.8 Å². The van der Waals surface area contributed by atoms with Crippen molar-refractivity contribution in [1.82, 2.24) is 20.6 Å². The van der Waals surface area contributed by atoms with E-state index in [4.69, 9.17) is 24.2 Å². The van der Waals surface area contributed by atoms with Gasteiger partial charge in [0.1, 0.15) is 23.1 Å². The van der Waals surface area contributed by atoms with Crippen LogP contribution in [0.4, 0.5) is 0 Å². The number of fused-ring (bicyclic) bond motifs is 1. The van der Waals surface area contributed by atoms with E-state index in [-0.39, 0.29) is 30.8 Å². The maximum absolute atomic E-state index is 14.0. The van der Waals surface area contributed by atoms with E-state index in [0.717, 1.165) is 42.3 Å². The standard InChI is InChI=1S/C39H48N4O6/c1-7-10-11-12-13-19-40-36(44)29-20-27(21-30(29)37(45)43-39(23-26(39)8-2)38(46)48-9-3)49-34-22-32(31-16-14-15-24(4)41-31)42-35-25(5)33(47-6)18-17-28(34)35/h7-8,14-18,22,26-27,29-30H,1-2,9-13,19-21,23H2,3-6H3,(H,40,44)(H,43,45). The molecule has 0 radical (unpaired) electrons. The van der Waals surface area contributed by atoms with Crippen molar-refractivity contribution in [3.8, 4) is 22.9 Å². The van der Waals surface area contributed by atoms with Crippen molar-refractivity contribution < 1.29 is 28.6 Å². The van der Waals surface area contributed by atoms with Crippen molar-refractivity contribution in [2.45, 2.75) is 77.4 Å². The molecule has 10 heteroatoms. The monoisotopic (exact) mass is 668 g/mol. The van der Waals surface area contributed by atoms with E-state index in [2.05, 4.69) is 23.8 Å². The van der Waals surface area contributed by atoms with Gasteiger partial charge in [-0.3, -0.25) is 14.6 Å². The Kier molecular flexibility index (Phi) is 11.4. The lowest BCUT2D eigenvalue weighted by Gasteiger charge is -2.23. The summed E-state index contributed by atoms with van der Waals surface area (Å²) in [6.45, 7) is 13.9. The van der Waals surface area contributed by atoms with Gasteiger partial charge in [-0.05, 0) is 83.6 Å². The number of hydrogen-bond donors (Lipinski definition) is 2. The van der Waals surface area contributed by atoms with Crippen molar-refractivity contribution >= 4 is 28.7 Å². The number of benzene rings is 1. The molecule has 2 amide bonds. The molecule has 3 aromatic rings. The van der Waals surface area contributed by atoms with Crippen molar-refractivity contribution in [3.63, 3.8) is 0 Å². The molecule has 2 aliphatic carbocycles. The van der Waals surface area contributed by atoms with E-state index in [0.29, 0.717) is 47.8 Å². The van der Waals surface area contributed by atoms with Gasteiger partial charge in [-0.2, -0.15) is 0 Å². The number of hydrogen-bond acceptors (Lipinski definition) is 8. The number of rotatable bonds is 16. The smallest absolute Gasteiger partial charge is 0.332 e. The van der Waals surface area contributed by atoms with Gasteiger partial charge in [0.25, 0.3) is 0 Å². The molecule has 5 rings (SSSR count). The maximum atomic E-state index is 14.0. The summed E-state index contributed by atoms with van der Waals surface area (Å²) in [6, 6.07) is 11.4. The predicted octanol–water partition coefficient (Wildman–Crippen LogP) is 6.18. The van der Waals surface area contributed by atoms with Crippen LogP contribution in [-0.2, 0) is 19.1 Å². The molecule has 0 bridgehead atoms. The number of ether oxygens (including phenoxy) is 3. The molecule has 260 valence electrons. The largest absolute Gasteiger partial charge is 0.496 e. The van der Waals surface area contributed by atoms with E-state index in [1.54, 1.807) is 20.1 Å². The molecule has 2 fully saturated rings. The van der Waals surface area contributed by atoms with Crippen LogP contribution in [0.3, 0.4) is 0 Å². The fourth-order valence-corrected chi connectivity index (χ4v) is 6.87. The third kappa shape index (κ3) is 7.79. The fraction of sp³-hybridized carbons (Fsp3) is 0.462. The lowest BCUT2D eigenvalue weighted by atomic mass is 9.93. The minimum absolute atomic E-state index is 0.193. The summed E-state index contributed by atoms with van der Waals surface area (Å²) in [5.74, 6) is -1.34. The number of amides is 2. The van der Waals surface area contributed by atoms with Crippen LogP contribution in [-0.4, -0.2) is 59.7 Å². The topological polar surface area (TPSA) is 129 Å². The van der Waals surface area contributed by atoms with Crippen LogP contribution in [0.15, 0.2) is 61.7 Å². The second-order valence-corrected chi connectivity index (χ2v) is 13.0. The number of allylic oxidation sites excluding steroid dienone is 1. The first-order valence-corrected chi connectivity index (χ1v) is 17.2. The summed E-state index contributed by atoms with van der Waals surface area (Å²) in [4.78, 5) is 50.3. The number of aromatic nitrogens is 2. The number of nitrogens with zero attached hydrogens (tertiary/aromatic N) is 2. The van der Waals surface area contributed by atoms with E-state index in [1.807, 2.05) is 56.3 Å². The number of carbonyl (C=O) groups excluding carboxylic acids is 3. The van der Waals surface area contributed by atoms with Crippen LogP contribution >= 0.6 is 0 Å². The van der Waals surface area contributed by atoms with Crippen molar-refractivity contribution in [2.24, 2.45) is 17.8 Å². The van der Waals surface area contributed by atoms with Gasteiger partial charge in [0, 0.05) is 35.2 Å². The Morgan fingerprint density at radius 1 is 0.980 bits per heavy atom. The highest BCUT2D eigenvalue weighted by Gasteiger charge is 2.62. The lowest BCUT2D eigenvalue weighted by Crippen LogP contribution is -2.50. The average Bonchev–Trinajstić information content (AvgIpc) is 3.65. The molecule has 2 heterocycles. The summed E-state index contributed by atoms with van der Waals surface area (Å²) >= 11 is 0. The highest BCUT2D eigenvalue weighted by molar-refractivity contribution is 5.95. The number of unbranched alkanes of at least 4 members (excludes halogenated alkanes) is 3. The fourth-order valence-electron chi connectivity index (χ4n) is 6.87. The molecule has 1 aromatic carbocycles. The number of nitrogens with one attached hydrogen (secondary N) is 2. The van der Waals surface area contributed by atoms with E-state index < -0.39 is 29.4 Å². The molecule has 0 aliphatic heterocycles. The third-order valence-corrected chi connectivity index (χ3v) is 9.67. The van der Waals surface area contributed by atoms with Crippen LogP contribution in [0.1, 0.15) is 63.1 Å². The van der Waals surface area contributed by atoms with Gasteiger partial charge >= 0.3 is 5.97 Å². The Bertz CT molecular complexity index is 1720. The average molecular weight is 669 g/mol. The molecule has 5 unspecified atom stereocenters. The zero-order chi connectivity index (χ0) is 35.1. The molecule has 5 atom stereocenters. The second kappa shape index (κ2) is 15.7. The summed E-state index contributed by atoms with van der Waals surface area (Å²) in [7, 11) is 1.62. The van der Waals surface area contributed by atoms with E-state index in [1.165, 1.54) is 0 Å². The Morgan fingerprint density at radius 3 is 2.43 bits per heavy atom. The normalized spacial score (nSPS) is 22.6.